The van der Waals surface area contributed by atoms with E-state index in [9.17, 15) is 4.79 Å². The van der Waals surface area contributed by atoms with Crippen molar-refractivity contribution in [1.29, 1.82) is 0 Å². The maximum Gasteiger partial charge on any atom is 0.247 e. The topological polar surface area (TPSA) is 42.2 Å². The van der Waals surface area contributed by atoms with Gasteiger partial charge >= 0.3 is 0 Å². The molecule has 0 radical (unpaired) electrons. The molecular weight excluding hydrogens is 166 g/mol. The first-order valence-electron chi connectivity index (χ1n) is 4.23. The van der Waals surface area contributed by atoms with E-state index in [0.717, 1.165) is 5.76 Å². The van der Waals surface area contributed by atoms with Crippen LogP contribution in [0.2, 0.25) is 0 Å². The fraction of sp³-hybridized carbons (Fsp3) is 0.300. The number of furan rings is 1. The van der Waals surface area contributed by atoms with Crippen LogP contribution in [0, 0.1) is 5.92 Å². The van der Waals surface area contributed by atoms with E-state index in [4.69, 9.17) is 4.42 Å². The number of carbonyl (C=O) groups is 1. The van der Waals surface area contributed by atoms with Crippen molar-refractivity contribution < 1.29 is 9.21 Å². The minimum absolute atomic E-state index is 0.0463. The van der Waals surface area contributed by atoms with Gasteiger partial charge in [0.15, 0.2) is 0 Å². The van der Waals surface area contributed by atoms with Gasteiger partial charge in [0.25, 0.3) is 0 Å². The first kappa shape index (κ1) is 8.10. The van der Waals surface area contributed by atoms with Gasteiger partial charge in [-0.05, 0) is 12.1 Å². The molecule has 2 rings (SSSR count). The van der Waals surface area contributed by atoms with E-state index >= 15 is 0 Å². The minimum Gasteiger partial charge on any atom is -0.467 e. The average molecular weight is 177 g/mol. The summed E-state index contributed by atoms with van der Waals surface area (Å²) in [6.07, 6.45) is 1.61. The lowest BCUT2D eigenvalue weighted by molar-refractivity contribution is -0.116. The van der Waals surface area contributed by atoms with Gasteiger partial charge in [0.2, 0.25) is 5.91 Å². The summed E-state index contributed by atoms with van der Waals surface area (Å²) < 4.78 is 5.23. The van der Waals surface area contributed by atoms with Crippen molar-refractivity contribution in [1.82, 2.24) is 5.32 Å². The van der Waals surface area contributed by atoms with E-state index in [-0.39, 0.29) is 17.9 Å². The summed E-state index contributed by atoms with van der Waals surface area (Å²) in [6, 6.07) is 3.63. The molecule has 0 spiro atoms. The van der Waals surface area contributed by atoms with E-state index < -0.39 is 0 Å². The Kier molecular flexibility index (Phi) is 1.72. The molecule has 13 heavy (non-hydrogen) atoms. The molecule has 1 N–H and O–H groups in total. The molecule has 1 saturated heterocycles. The molecule has 0 aliphatic carbocycles. The maximum atomic E-state index is 11.2. The van der Waals surface area contributed by atoms with Crippen LogP contribution < -0.4 is 5.32 Å². The van der Waals surface area contributed by atoms with Gasteiger partial charge in [-0.1, -0.05) is 13.5 Å². The first-order chi connectivity index (χ1) is 6.20. The van der Waals surface area contributed by atoms with Crippen molar-refractivity contribution in [3.05, 3.63) is 36.3 Å². The summed E-state index contributed by atoms with van der Waals surface area (Å²) in [5.41, 5.74) is 0.626. The van der Waals surface area contributed by atoms with E-state index in [1.54, 1.807) is 6.26 Å². The Hall–Kier alpha value is -1.51. The zero-order valence-corrected chi connectivity index (χ0v) is 7.41. The lowest BCUT2D eigenvalue weighted by Gasteiger charge is -2.11. The summed E-state index contributed by atoms with van der Waals surface area (Å²) in [5, 5.41) is 2.82. The molecular formula is C10H11NO2. The third kappa shape index (κ3) is 1.16. The summed E-state index contributed by atoms with van der Waals surface area (Å²) in [7, 11) is 0. The largest absolute Gasteiger partial charge is 0.467 e. The maximum absolute atomic E-state index is 11.2. The highest BCUT2D eigenvalue weighted by molar-refractivity contribution is 5.96. The lowest BCUT2D eigenvalue weighted by atomic mass is 9.98. The van der Waals surface area contributed by atoms with Crippen molar-refractivity contribution in [3.8, 4) is 0 Å². The Morgan fingerprint density at radius 3 is 2.85 bits per heavy atom. The molecule has 0 unspecified atom stereocenters. The predicted octanol–water partition coefficient (Wildman–Crippen LogP) is 1.64. The van der Waals surface area contributed by atoms with E-state index in [1.807, 2.05) is 19.1 Å². The molecule has 2 heterocycles. The molecule has 0 bridgehead atoms. The van der Waals surface area contributed by atoms with Crippen LogP contribution in [0.1, 0.15) is 18.7 Å². The molecule has 2 atom stereocenters. The van der Waals surface area contributed by atoms with Crippen molar-refractivity contribution in [2.75, 3.05) is 0 Å². The van der Waals surface area contributed by atoms with Crippen molar-refractivity contribution in [2.45, 2.75) is 13.0 Å². The highest BCUT2D eigenvalue weighted by atomic mass is 16.3. The van der Waals surface area contributed by atoms with Crippen molar-refractivity contribution in [3.63, 3.8) is 0 Å². The van der Waals surface area contributed by atoms with Gasteiger partial charge in [-0.3, -0.25) is 4.79 Å². The van der Waals surface area contributed by atoms with Gasteiger partial charge < -0.3 is 9.73 Å². The van der Waals surface area contributed by atoms with Gasteiger partial charge in [-0.15, -0.1) is 0 Å². The second-order valence-electron chi connectivity index (χ2n) is 3.28. The molecule has 68 valence electrons. The molecule has 0 saturated carbocycles. The zero-order chi connectivity index (χ0) is 9.42. The highest BCUT2D eigenvalue weighted by Crippen LogP contribution is 2.32. The van der Waals surface area contributed by atoms with E-state index in [1.165, 1.54) is 0 Å². The average Bonchev–Trinajstić information content (AvgIpc) is 2.70. The van der Waals surface area contributed by atoms with Crippen LogP contribution in [0.15, 0.2) is 35.0 Å². The molecule has 3 nitrogen and oxygen atoms in total. The monoisotopic (exact) mass is 177 g/mol. The molecule has 1 aromatic rings. The fourth-order valence-electron chi connectivity index (χ4n) is 1.55. The first-order valence-corrected chi connectivity index (χ1v) is 4.23. The van der Waals surface area contributed by atoms with Crippen LogP contribution in [-0.4, -0.2) is 5.91 Å². The second kappa shape index (κ2) is 2.76. The Morgan fingerprint density at radius 1 is 1.62 bits per heavy atom. The van der Waals surface area contributed by atoms with Gasteiger partial charge in [0, 0.05) is 11.5 Å². The Labute approximate surface area is 76.4 Å². The smallest absolute Gasteiger partial charge is 0.247 e. The quantitative estimate of drug-likeness (QED) is 0.662. The Morgan fingerprint density at radius 2 is 2.38 bits per heavy atom. The third-order valence-corrected chi connectivity index (χ3v) is 2.48. The molecule has 1 aliphatic heterocycles. The SMILES string of the molecule is C=C1C(=O)N[C@@H](c2ccco2)[C@@H]1C. The van der Waals surface area contributed by atoms with Crippen LogP contribution in [0.4, 0.5) is 0 Å². The molecule has 1 amide bonds. The second-order valence-corrected chi connectivity index (χ2v) is 3.28. The standard InChI is InChI=1S/C10H11NO2/c1-6-7(2)10(12)11-9(6)8-4-3-5-13-8/h3-6,9H,2H2,1H3,(H,11,12)/t6-,9-/m1/s1. The van der Waals surface area contributed by atoms with Crippen LogP contribution >= 0.6 is 0 Å². The summed E-state index contributed by atoms with van der Waals surface area (Å²) in [6.45, 7) is 5.69. The highest BCUT2D eigenvalue weighted by Gasteiger charge is 2.35. The van der Waals surface area contributed by atoms with Crippen LogP contribution in [0.5, 0.6) is 0 Å². The predicted molar refractivity (Wildman–Crippen MR) is 47.9 cm³/mol. The molecule has 3 heteroatoms. The normalized spacial score (nSPS) is 27.8. The minimum atomic E-state index is -0.0751. The number of carbonyl (C=O) groups excluding carboxylic acids is 1. The number of hydrogen-bond acceptors (Lipinski definition) is 2. The van der Waals surface area contributed by atoms with Gasteiger partial charge in [0.1, 0.15) is 5.76 Å². The number of nitrogens with one attached hydrogen (secondary N) is 1. The van der Waals surface area contributed by atoms with Gasteiger partial charge in [0.05, 0.1) is 12.3 Å². The molecule has 1 fully saturated rings. The molecule has 0 aromatic carbocycles. The number of amides is 1. The Bertz CT molecular complexity index is 340. The van der Waals surface area contributed by atoms with E-state index in [0.29, 0.717) is 5.57 Å². The van der Waals surface area contributed by atoms with Crippen molar-refractivity contribution >= 4 is 5.91 Å². The number of rotatable bonds is 1. The fourth-order valence-corrected chi connectivity index (χ4v) is 1.55. The lowest BCUT2D eigenvalue weighted by Crippen LogP contribution is -2.19. The van der Waals surface area contributed by atoms with Crippen LogP contribution in [-0.2, 0) is 4.79 Å². The van der Waals surface area contributed by atoms with Crippen LogP contribution in [0.3, 0.4) is 0 Å². The summed E-state index contributed by atoms with van der Waals surface area (Å²) in [5.74, 6) is 0.826. The van der Waals surface area contributed by atoms with Crippen molar-refractivity contribution in [2.24, 2.45) is 5.92 Å². The van der Waals surface area contributed by atoms with Gasteiger partial charge in [-0.2, -0.15) is 0 Å². The number of hydrogen-bond donors (Lipinski definition) is 1. The summed E-state index contributed by atoms with van der Waals surface area (Å²) in [4.78, 5) is 11.2. The third-order valence-electron chi connectivity index (χ3n) is 2.48. The zero-order valence-electron chi connectivity index (χ0n) is 7.41. The molecule has 1 aliphatic rings. The van der Waals surface area contributed by atoms with Gasteiger partial charge in [-0.25, -0.2) is 0 Å². The molecule has 1 aromatic heterocycles. The van der Waals surface area contributed by atoms with Crippen LogP contribution in [0.25, 0.3) is 0 Å². The van der Waals surface area contributed by atoms with E-state index in [2.05, 4.69) is 11.9 Å². The Balaban J connectivity index is 2.28. The summed E-state index contributed by atoms with van der Waals surface area (Å²) >= 11 is 0.